The predicted molar refractivity (Wildman–Crippen MR) is 118 cm³/mol. The molecule has 0 saturated carbocycles. The molecule has 0 spiro atoms. The molecule has 1 aromatic heterocycles. The van der Waals surface area contributed by atoms with Crippen LogP contribution in [0, 0.1) is 10.1 Å². The van der Waals surface area contributed by atoms with Gasteiger partial charge in [0.15, 0.2) is 17.3 Å². The lowest BCUT2D eigenvalue weighted by atomic mass is 9.77. The van der Waals surface area contributed by atoms with Crippen molar-refractivity contribution in [1.29, 1.82) is 0 Å². The largest absolute Gasteiger partial charge is 0.493 e. The van der Waals surface area contributed by atoms with E-state index in [1.54, 1.807) is 32.4 Å². The van der Waals surface area contributed by atoms with Crippen LogP contribution in [0.15, 0.2) is 60.1 Å². The molecule has 33 heavy (non-hydrogen) atoms. The Morgan fingerprint density at radius 2 is 1.91 bits per heavy atom. The topological polar surface area (TPSA) is 121 Å². The van der Waals surface area contributed by atoms with Crippen molar-refractivity contribution in [1.82, 2.24) is 14.8 Å². The Kier molecular flexibility index (Phi) is 5.04. The minimum atomic E-state index is -0.723. The van der Waals surface area contributed by atoms with Crippen LogP contribution in [0.2, 0.25) is 0 Å². The quantitative estimate of drug-likeness (QED) is 0.465. The van der Waals surface area contributed by atoms with Crippen LogP contribution < -0.4 is 14.8 Å². The first-order chi connectivity index (χ1) is 16.0. The average molecular weight is 447 g/mol. The van der Waals surface area contributed by atoms with E-state index in [0.717, 1.165) is 5.56 Å². The maximum Gasteiger partial charge on any atom is 0.275 e. The number of carbonyl (C=O) groups is 1. The molecule has 2 unspecified atom stereocenters. The summed E-state index contributed by atoms with van der Waals surface area (Å²) in [5.41, 5.74) is 2.48. The van der Waals surface area contributed by atoms with Crippen LogP contribution in [0.3, 0.4) is 0 Å². The average Bonchev–Trinajstić information content (AvgIpc) is 3.30. The Morgan fingerprint density at radius 3 is 2.67 bits per heavy atom. The number of methoxy groups -OCH3 is 2. The summed E-state index contributed by atoms with van der Waals surface area (Å²) in [5, 5.41) is 19.2. The number of nitro benzene ring substituents is 1. The zero-order valence-corrected chi connectivity index (χ0v) is 18.0. The molecule has 2 heterocycles. The summed E-state index contributed by atoms with van der Waals surface area (Å²) in [6, 6.07) is 11.3. The lowest BCUT2D eigenvalue weighted by Gasteiger charge is -2.35. The third-order valence-electron chi connectivity index (χ3n) is 6.17. The van der Waals surface area contributed by atoms with Crippen molar-refractivity contribution in [2.45, 2.75) is 24.8 Å². The number of anilines is 1. The number of fused-ring (bicyclic) bond motifs is 1. The van der Waals surface area contributed by atoms with Crippen molar-refractivity contribution in [2.24, 2.45) is 0 Å². The first-order valence-electron chi connectivity index (χ1n) is 10.4. The second kappa shape index (κ2) is 8.05. The summed E-state index contributed by atoms with van der Waals surface area (Å²) in [6.07, 6.45) is 2.18. The van der Waals surface area contributed by atoms with Crippen LogP contribution in [-0.2, 0) is 4.79 Å². The van der Waals surface area contributed by atoms with Crippen LogP contribution in [0.25, 0.3) is 0 Å². The molecule has 10 nitrogen and oxygen atoms in total. The molecule has 1 N–H and O–H groups in total. The zero-order chi connectivity index (χ0) is 23.1. The molecule has 0 fully saturated rings. The van der Waals surface area contributed by atoms with Gasteiger partial charge in [-0.3, -0.25) is 14.9 Å². The highest BCUT2D eigenvalue weighted by Gasteiger charge is 2.41. The van der Waals surface area contributed by atoms with Crippen molar-refractivity contribution in [3.63, 3.8) is 0 Å². The molecule has 0 radical (unpaired) electrons. The van der Waals surface area contributed by atoms with Gasteiger partial charge in [-0.25, -0.2) is 4.68 Å². The number of allylic oxidation sites excluding steroid dienone is 2. The predicted octanol–water partition coefficient (Wildman–Crippen LogP) is 3.62. The highest BCUT2D eigenvalue weighted by atomic mass is 16.6. The number of benzene rings is 2. The number of ketones is 1. The summed E-state index contributed by atoms with van der Waals surface area (Å²) in [4.78, 5) is 29.1. The number of nitrogens with zero attached hydrogens (tertiary/aromatic N) is 4. The Labute approximate surface area is 189 Å². The van der Waals surface area contributed by atoms with Crippen molar-refractivity contribution in [3.8, 4) is 11.5 Å². The molecular weight excluding hydrogens is 426 g/mol. The number of hydrogen-bond acceptors (Lipinski definition) is 8. The van der Waals surface area contributed by atoms with Gasteiger partial charge in [0.05, 0.1) is 24.7 Å². The Balaban J connectivity index is 1.59. The van der Waals surface area contributed by atoms with E-state index in [2.05, 4.69) is 15.4 Å². The second-order valence-corrected chi connectivity index (χ2v) is 7.91. The molecule has 3 aromatic rings. The first-order valence-corrected chi connectivity index (χ1v) is 10.4. The fourth-order valence-electron chi connectivity index (χ4n) is 4.67. The van der Waals surface area contributed by atoms with Gasteiger partial charge < -0.3 is 14.8 Å². The standard InChI is InChI=1S/C23H21N5O5/c1-32-19-8-7-13(11-20(19)33-2)14-9-16-21(18(29)10-14)22(27-23(26-16)24-12-25-27)15-5-3-4-6-17(15)28(30)31/h3-8,11-12,14,22H,9-10H2,1-2H3,(H,24,25,26). The molecule has 0 bridgehead atoms. The van der Waals surface area contributed by atoms with Crippen LogP contribution in [0.1, 0.15) is 35.9 Å². The number of Topliss-reactive ketones (excluding diaryl/α,β-unsaturated/α-hetero) is 1. The Bertz CT molecular complexity index is 1300. The van der Waals surface area contributed by atoms with Gasteiger partial charge >= 0.3 is 0 Å². The molecule has 5 rings (SSSR count). The van der Waals surface area contributed by atoms with Crippen LogP contribution in [0.5, 0.6) is 11.5 Å². The third kappa shape index (κ3) is 3.39. The highest BCUT2D eigenvalue weighted by molar-refractivity contribution is 6.00. The summed E-state index contributed by atoms with van der Waals surface area (Å²) >= 11 is 0. The van der Waals surface area contributed by atoms with E-state index >= 15 is 0 Å². The normalized spacial score (nSPS) is 19.4. The zero-order valence-electron chi connectivity index (χ0n) is 18.0. The smallest absolute Gasteiger partial charge is 0.275 e. The lowest BCUT2D eigenvalue weighted by molar-refractivity contribution is -0.385. The van der Waals surface area contributed by atoms with Gasteiger partial charge in [0.2, 0.25) is 5.95 Å². The van der Waals surface area contributed by atoms with Gasteiger partial charge in [0.1, 0.15) is 12.4 Å². The number of carbonyl (C=O) groups excluding carboxylic acids is 1. The van der Waals surface area contributed by atoms with Gasteiger partial charge in [-0.2, -0.15) is 10.1 Å². The highest BCUT2D eigenvalue weighted by Crippen LogP contribution is 2.46. The molecule has 2 atom stereocenters. The van der Waals surface area contributed by atoms with Gasteiger partial charge in [-0.1, -0.05) is 18.2 Å². The Hall–Kier alpha value is -4.21. The van der Waals surface area contributed by atoms with E-state index in [1.807, 2.05) is 18.2 Å². The molecule has 0 amide bonds. The molecule has 1 aliphatic carbocycles. The van der Waals surface area contributed by atoms with Crippen LogP contribution >= 0.6 is 0 Å². The summed E-state index contributed by atoms with van der Waals surface area (Å²) in [7, 11) is 3.14. The third-order valence-corrected chi connectivity index (χ3v) is 6.17. The summed E-state index contributed by atoms with van der Waals surface area (Å²) in [6.45, 7) is 0. The van der Waals surface area contributed by atoms with Crippen LogP contribution in [0.4, 0.5) is 11.6 Å². The number of ether oxygens (including phenoxy) is 2. The van der Waals surface area contributed by atoms with E-state index in [-0.39, 0.29) is 23.8 Å². The van der Waals surface area contributed by atoms with Crippen molar-refractivity contribution in [2.75, 3.05) is 19.5 Å². The Morgan fingerprint density at radius 1 is 1.12 bits per heavy atom. The second-order valence-electron chi connectivity index (χ2n) is 7.91. The van der Waals surface area contributed by atoms with E-state index in [0.29, 0.717) is 40.7 Å². The molecule has 2 aromatic carbocycles. The lowest BCUT2D eigenvalue weighted by Crippen LogP contribution is -2.33. The maximum absolute atomic E-state index is 13.5. The molecule has 0 saturated heterocycles. The van der Waals surface area contributed by atoms with Crippen molar-refractivity contribution < 1.29 is 19.2 Å². The number of hydrogen-bond donors (Lipinski definition) is 1. The number of rotatable bonds is 5. The summed E-state index contributed by atoms with van der Waals surface area (Å²) in [5.74, 6) is 1.47. The van der Waals surface area contributed by atoms with Gasteiger partial charge in [0, 0.05) is 23.8 Å². The minimum absolute atomic E-state index is 0.0625. The van der Waals surface area contributed by atoms with Crippen molar-refractivity contribution in [3.05, 3.63) is 81.3 Å². The SMILES string of the molecule is COc1ccc(C2CC(=O)C3=C(C2)Nc2ncnn2C3c2ccccc2[N+](=O)[O-])cc1OC. The van der Waals surface area contributed by atoms with E-state index in [4.69, 9.17) is 9.47 Å². The van der Waals surface area contributed by atoms with Crippen molar-refractivity contribution >= 4 is 17.4 Å². The maximum atomic E-state index is 13.5. The van der Waals surface area contributed by atoms with Gasteiger partial charge in [0.25, 0.3) is 5.69 Å². The summed E-state index contributed by atoms with van der Waals surface area (Å²) < 4.78 is 12.3. The van der Waals surface area contributed by atoms with Crippen LogP contribution in [-0.4, -0.2) is 39.7 Å². The monoisotopic (exact) mass is 447 g/mol. The molecule has 168 valence electrons. The van der Waals surface area contributed by atoms with Gasteiger partial charge in [-0.05, 0) is 36.1 Å². The van der Waals surface area contributed by atoms with Gasteiger partial charge in [-0.15, -0.1) is 0 Å². The number of nitro groups is 1. The molecular formula is C23H21N5O5. The fraction of sp³-hybridized carbons (Fsp3) is 0.261. The molecule has 10 heteroatoms. The van der Waals surface area contributed by atoms with E-state index < -0.39 is 11.0 Å². The number of nitrogens with one attached hydrogen (secondary N) is 1. The number of aromatic nitrogens is 3. The fourth-order valence-corrected chi connectivity index (χ4v) is 4.67. The van der Waals surface area contributed by atoms with E-state index in [9.17, 15) is 14.9 Å². The minimum Gasteiger partial charge on any atom is -0.493 e. The van der Waals surface area contributed by atoms with E-state index in [1.165, 1.54) is 17.1 Å². The first kappa shape index (κ1) is 20.7. The number of para-hydroxylation sites is 1. The molecule has 1 aliphatic heterocycles. The molecule has 2 aliphatic rings.